The van der Waals surface area contributed by atoms with Crippen LogP contribution in [0.4, 0.5) is 0 Å². The number of nitrogens with zero attached hydrogens (tertiary/aromatic N) is 2. The predicted molar refractivity (Wildman–Crippen MR) is 83.9 cm³/mol. The summed E-state index contributed by atoms with van der Waals surface area (Å²) in [5.41, 5.74) is 4.66. The monoisotopic (exact) mass is 312 g/mol. The van der Waals surface area contributed by atoms with E-state index in [0.29, 0.717) is 13.1 Å². The second-order valence-corrected chi connectivity index (χ2v) is 6.49. The lowest BCUT2D eigenvalue weighted by molar-refractivity contribution is -0.136. The van der Waals surface area contributed by atoms with E-state index in [-0.39, 0.29) is 30.2 Å². The van der Waals surface area contributed by atoms with Crippen molar-refractivity contribution >= 4 is 17.7 Å². The fraction of sp³-hybridized carbons (Fsp3) is 0.800. The van der Waals surface area contributed by atoms with Gasteiger partial charge in [-0.25, -0.2) is 0 Å². The smallest absolute Gasteiger partial charge is 0.241 e. The van der Waals surface area contributed by atoms with Gasteiger partial charge in [0, 0.05) is 26.7 Å². The molecular weight excluding hydrogens is 284 g/mol. The first-order chi connectivity index (χ1) is 10.2. The Morgan fingerprint density at radius 1 is 1.45 bits per heavy atom. The standard InChI is InChI=1S/C15H28N4O3/c1-5-7-19(10-11-6-8-18(4)13(11)21)12(20)9-17-14(22)15(2,3)16/h11H,5-10,16H2,1-4H3,(H,17,22). The van der Waals surface area contributed by atoms with Crippen molar-refractivity contribution in [2.45, 2.75) is 39.2 Å². The van der Waals surface area contributed by atoms with Gasteiger partial charge in [-0.3, -0.25) is 14.4 Å². The van der Waals surface area contributed by atoms with Gasteiger partial charge < -0.3 is 20.9 Å². The Hall–Kier alpha value is -1.63. The lowest BCUT2D eigenvalue weighted by Crippen LogP contribution is -2.52. The number of carbonyl (C=O) groups excluding carboxylic acids is 3. The van der Waals surface area contributed by atoms with E-state index in [2.05, 4.69) is 5.32 Å². The Morgan fingerprint density at radius 2 is 2.09 bits per heavy atom. The van der Waals surface area contributed by atoms with Gasteiger partial charge in [0.15, 0.2) is 0 Å². The molecule has 1 atom stereocenters. The molecule has 1 unspecified atom stereocenters. The van der Waals surface area contributed by atoms with Crippen LogP contribution in [0.15, 0.2) is 0 Å². The topological polar surface area (TPSA) is 95.7 Å². The van der Waals surface area contributed by atoms with Gasteiger partial charge in [0.2, 0.25) is 17.7 Å². The Labute approximate surface area is 132 Å². The van der Waals surface area contributed by atoms with Gasteiger partial charge in [0.25, 0.3) is 0 Å². The summed E-state index contributed by atoms with van der Waals surface area (Å²) >= 11 is 0. The SMILES string of the molecule is CCCN(CC1CCN(C)C1=O)C(=O)CNC(=O)C(C)(C)N. The molecule has 22 heavy (non-hydrogen) atoms. The number of carbonyl (C=O) groups is 3. The van der Waals surface area contributed by atoms with Crippen molar-refractivity contribution in [3.63, 3.8) is 0 Å². The maximum absolute atomic E-state index is 12.3. The lowest BCUT2D eigenvalue weighted by atomic mass is 10.1. The van der Waals surface area contributed by atoms with Crippen molar-refractivity contribution in [3.05, 3.63) is 0 Å². The molecule has 0 aromatic rings. The molecule has 126 valence electrons. The maximum atomic E-state index is 12.3. The molecule has 1 heterocycles. The molecule has 0 aromatic carbocycles. The van der Waals surface area contributed by atoms with Crippen LogP contribution in [0.25, 0.3) is 0 Å². The van der Waals surface area contributed by atoms with Gasteiger partial charge in [-0.1, -0.05) is 6.92 Å². The number of nitrogens with two attached hydrogens (primary N) is 1. The summed E-state index contributed by atoms with van der Waals surface area (Å²) in [5.74, 6) is -0.598. The first-order valence-electron chi connectivity index (χ1n) is 7.76. The lowest BCUT2D eigenvalue weighted by Gasteiger charge is -2.26. The van der Waals surface area contributed by atoms with Crippen LogP contribution in [0, 0.1) is 5.92 Å². The Bertz CT molecular complexity index is 431. The second-order valence-electron chi connectivity index (χ2n) is 6.49. The minimum Gasteiger partial charge on any atom is -0.345 e. The van der Waals surface area contributed by atoms with Crippen LogP contribution in [0.5, 0.6) is 0 Å². The largest absolute Gasteiger partial charge is 0.345 e. The summed E-state index contributed by atoms with van der Waals surface area (Å²) in [4.78, 5) is 39.3. The number of hydrogen-bond acceptors (Lipinski definition) is 4. The highest BCUT2D eigenvalue weighted by Gasteiger charge is 2.32. The van der Waals surface area contributed by atoms with Gasteiger partial charge in [0.05, 0.1) is 18.0 Å². The zero-order valence-electron chi connectivity index (χ0n) is 14.0. The second kappa shape index (κ2) is 7.58. The van der Waals surface area contributed by atoms with Crippen LogP contribution >= 0.6 is 0 Å². The van der Waals surface area contributed by atoms with E-state index in [1.807, 2.05) is 6.92 Å². The molecule has 0 spiro atoms. The average molecular weight is 312 g/mol. The summed E-state index contributed by atoms with van der Waals surface area (Å²) in [5, 5.41) is 2.56. The van der Waals surface area contributed by atoms with Crippen LogP contribution in [0.2, 0.25) is 0 Å². The fourth-order valence-electron chi connectivity index (χ4n) is 2.41. The third-order valence-electron chi connectivity index (χ3n) is 3.81. The Kier molecular flexibility index (Phi) is 6.34. The van der Waals surface area contributed by atoms with Crippen molar-refractivity contribution in [1.29, 1.82) is 0 Å². The highest BCUT2D eigenvalue weighted by atomic mass is 16.2. The quantitative estimate of drug-likeness (QED) is 0.666. The van der Waals surface area contributed by atoms with E-state index in [4.69, 9.17) is 5.73 Å². The molecule has 1 saturated heterocycles. The predicted octanol–water partition coefficient (Wildman–Crippen LogP) is -0.443. The normalized spacial score (nSPS) is 18.5. The molecule has 0 radical (unpaired) electrons. The van der Waals surface area contributed by atoms with Crippen LogP contribution in [-0.4, -0.2) is 66.3 Å². The van der Waals surface area contributed by atoms with Crippen LogP contribution in [-0.2, 0) is 14.4 Å². The number of nitrogens with one attached hydrogen (secondary N) is 1. The van der Waals surface area contributed by atoms with Gasteiger partial charge >= 0.3 is 0 Å². The van der Waals surface area contributed by atoms with E-state index >= 15 is 0 Å². The molecule has 3 amide bonds. The maximum Gasteiger partial charge on any atom is 0.241 e. The molecule has 1 rings (SSSR count). The number of amides is 3. The Morgan fingerprint density at radius 3 is 2.55 bits per heavy atom. The zero-order chi connectivity index (χ0) is 16.9. The minimum absolute atomic E-state index is 0.0843. The third-order valence-corrected chi connectivity index (χ3v) is 3.81. The first kappa shape index (κ1) is 18.4. The molecular formula is C15H28N4O3. The summed E-state index contributed by atoms with van der Waals surface area (Å²) in [6, 6.07) is 0. The molecule has 0 aromatic heterocycles. The molecule has 1 aliphatic heterocycles. The van der Waals surface area contributed by atoms with Crippen molar-refractivity contribution in [2.24, 2.45) is 11.7 Å². The zero-order valence-corrected chi connectivity index (χ0v) is 14.0. The van der Waals surface area contributed by atoms with E-state index in [9.17, 15) is 14.4 Å². The van der Waals surface area contributed by atoms with Gasteiger partial charge in [-0.15, -0.1) is 0 Å². The molecule has 1 fully saturated rings. The van der Waals surface area contributed by atoms with E-state index in [1.165, 1.54) is 0 Å². The number of likely N-dealkylation sites (tertiary alicyclic amines) is 1. The molecule has 0 aliphatic carbocycles. The molecule has 1 aliphatic rings. The van der Waals surface area contributed by atoms with Crippen molar-refractivity contribution in [1.82, 2.24) is 15.1 Å². The van der Waals surface area contributed by atoms with Gasteiger partial charge in [0.1, 0.15) is 0 Å². The van der Waals surface area contributed by atoms with Crippen molar-refractivity contribution < 1.29 is 14.4 Å². The molecule has 7 nitrogen and oxygen atoms in total. The molecule has 3 N–H and O–H groups in total. The highest BCUT2D eigenvalue weighted by Crippen LogP contribution is 2.17. The summed E-state index contributed by atoms with van der Waals surface area (Å²) in [6.07, 6.45) is 1.57. The van der Waals surface area contributed by atoms with Crippen LogP contribution < -0.4 is 11.1 Å². The first-order valence-corrected chi connectivity index (χ1v) is 7.76. The Balaban J connectivity index is 2.57. The molecule has 0 saturated carbocycles. The fourth-order valence-corrected chi connectivity index (χ4v) is 2.41. The molecule has 7 heteroatoms. The van der Waals surface area contributed by atoms with Crippen molar-refractivity contribution in [2.75, 3.05) is 33.2 Å². The van der Waals surface area contributed by atoms with Gasteiger partial charge in [-0.05, 0) is 26.7 Å². The average Bonchev–Trinajstić information content (AvgIpc) is 2.74. The van der Waals surface area contributed by atoms with E-state index in [1.54, 1.807) is 30.7 Å². The van der Waals surface area contributed by atoms with E-state index < -0.39 is 5.54 Å². The summed E-state index contributed by atoms with van der Waals surface area (Å²) < 4.78 is 0. The summed E-state index contributed by atoms with van der Waals surface area (Å²) in [7, 11) is 1.78. The highest BCUT2D eigenvalue weighted by molar-refractivity contribution is 5.89. The number of rotatable bonds is 7. The van der Waals surface area contributed by atoms with Crippen LogP contribution in [0.1, 0.15) is 33.6 Å². The van der Waals surface area contributed by atoms with E-state index in [0.717, 1.165) is 19.4 Å². The number of hydrogen-bond donors (Lipinski definition) is 2. The third kappa shape index (κ3) is 4.98. The van der Waals surface area contributed by atoms with Crippen molar-refractivity contribution in [3.8, 4) is 0 Å². The summed E-state index contributed by atoms with van der Waals surface area (Å²) in [6.45, 7) is 6.79. The van der Waals surface area contributed by atoms with Gasteiger partial charge in [-0.2, -0.15) is 0 Å². The van der Waals surface area contributed by atoms with Crippen LogP contribution in [0.3, 0.4) is 0 Å². The molecule has 0 bridgehead atoms. The minimum atomic E-state index is -1.01.